The Morgan fingerprint density at radius 3 is 2.81 bits per heavy atom. The third kappa shape index (κ3) is 4.87. The number of nitrogens with zero attached hydrogens (tertiary/aromatic N) is 2. The van der Waals surface area contributed by atoms with Crippen molar-refractivity contribution in [2.45, 2.75) is 16.3 Å². The van der Waals surface area contributed by atoms with E-state index in [9.17, 15) is 5.26 Å². The third-order valence-electron chi connectivity index (χ3n) is 2.85. The lowest BCUT2D eigenvalue weighted by atomic mass is 10.1. The summed E-state index contributed by atoms with van der Waals surface area (Å²) in [6.45, 7) is 2.21. The zero-order chi connectivity index (χ0) is 14.9. The van der Waals surface area contributed by atoms with Crippen LogP contribution in [0.15, 0.2) is 52.5 Å². The lowest BCUT2D eigenvalue weighted by Crippen LogP contribution is -2.18. The fraction of sp³-hybridized carbons (Fsp3) is 0.250. The Morgan fingerprint density at radius 2 is 2.10 bits per heavy atom. The van der Waals surface area contributed by atoms with Crippen LogP contribution < -0.4 is 5.32 Å². The van der Waals surface area contributed by atoms with E-state index >= 15 is 0 Å². The molecule has 0 unspecified atom stereocenters. The minimum Gasteiger partial charge on any atom is -0.383 e. The summed E-state index contributed by atoms with van der Waals surface area (Å²) in [5, 5.41) is 12.6. The number of methoxy groups -OCH3 is 1. The molecule has 0 saturated heterocycles. The van der Waals surface area contributed by atoms with Gasteiger partial charge in [0.2, 0.25) is 0 Å². The van der Waals surface area contributed by atoms with Crippen LogP contribution in [0.25, 0.3) is 0 Å². The maximum Gasteiger partial charge on any atom is 0.100 e. The average Bonchev–Trinajstić information content (AvgIpc) is 2.53. The molecule has 1 heterocycles. The van der Waals surface area contributed by atoms with Crippen LogP contribution >= 0.6 is 11.8 Å². The second-order valence-electron chi connectivity index (χ2n) is 4.40. The van der Waals surface area contributed by atoms with Crippen molar-refractivity contribution in [2.75, 3.05) is 20.3 Å². The Balaban J connectivity index is 2.05. The molecule has 0 bridgehead atoms. The van der Waals surface area contributed by atoms with Crippen molar-refractivity contribution in [1.29, 1.82) is 5.26 Å². The summed E-state index contributed by atoms with van der Waals surface area (Å²) >= 11 is 1.58. The first-order valence-corrected chi connectivity index (χ1v) is 7.45. The monoisotopic (exact) mass is 299 g/mol. The van der Waals surface area contributed by atoms with Gasteiger partial charge in [-0.2, -0.15) is 5.26 Å². The van der Waals surface area contributed by atoms with E-state index in [2.05, 4.69) is 16.4 Å². The van der Waals surface area contributed by atoms with Gasteiger partial charge in [-0.15, -0.1) is 0 Å². The van der Waals surface area contributed by atoms with Crippen LogP contribution in [0, 0.1) is 11.3 Å². The molecule has 2 rings (SSSR count). The maximum absolute atomic E-state index is 9.31. The summed E-state index contributed by atoms with van der Waals surface area (Å²) in [5.41, 5.74) is 1.80. The van der Waals surface area contributed by atoms with Crippen molar-refractivity contribution in [3.8, 4) is 6.07 Å². The Labute approximate surface area is 129 Å². The van der Waals surface area contributed by atoms with Crippen molar-refractivity contribution in [1.82, 2.24) is 10.3 Å². The minimum atomic E-state index is 0.682. The molecule has 2 aromatic rings. The predicted molar refractivity (Wildman–Crippen MR) is 83.1 cm³/mol. The molecule has 0 atom stereocenters. The average molecular weight is 299 g/mol. The minimum absolute atomic E-state index is 0.682. The number of pyridine rings is 1. The molecular formula is C16H17N3OS. The van der Waals surface area contributed by atoms with Crippen LogP contribution in [0.2, 0.25) is 0 Å². The van der Waals surface area contributed by atoms with E-state index in [1.54, 1.807) is 31.3 Å². The number of hydrogen-bond donors (Lipinski definition) is 1. The van der Waals surface area contributed by atoms with Crippen LogP contribution in [-0.2, 0) is 11.3 Å². The number of nitrogens with one attached hydrogen (secondary N) is 1. The van der Waals surface area contributed by atoms with E-state index in [0.717, 1.165) is 28.4 Å². The van der Waals surface area contributed by atoms with Gasteiger partial charge in [0.15, 0.2) is 0 Å². The zero-order valence-corrected chi connectivity index (χ0v) is 12.7. The van der Waals surface area contributed by atoms with Crippen LogP contribution in [-0.4, -0.2) is 25.2 Å². The molecule has 0 aliphatic carbocycles. The molecule has 0 spiro atoms. The van der Waals surface area contributed by atoms with Crippen LogP contribution in [0.4, 0.5) is 0 Å². The molecule has 0 amide bonds. The van der Waals surface area contributed by atoms with Crippen molar-refractivity contribution < 1.29 is 4.74 Å². The first-order chi connectivity index (χ1) is 10.3. The van der Waals surface area contributed by atoms with Gasteiger partial charge in [0.05, 0.1) is 12.2 Å². The van der Waals surface area contributed by atoms with Gasteiger partial charge in [0.25, 0.3) is 0 Å². The van der Waals surface area contributed by atoms with Gasteiger partial charge in [-0.05, 0) is 29.8 Å². The summed E-state index contributed by atoms with van der Waals surface area (Å²) in [6.07, 6.45) is 3.50. The first kappa shape index (κ1) is 15.5. The van der Waals surface area contributed by atoms with Gasteiger partial charge in [-0.1, -0.05) is 17.8 Å². The van der Waals surface area contributed by atoms with E-state index in [-0.39, 0.29) is 0 Å². The second-order valence-corrected chi connectivity index (χ2v) is 5.51. The fourth-order valence-electron chi connectivity index (χ4n) is 1.80. The Kier molecular flexibility index (Phi) is 6.22. The van der Waals surface area contributed by atoms with Gasteiger partial charge in [0, 0.05) is 42.4 Å². The molecule has 1 aromatic carbocycles. The summed E-state index contributed by atoms with van der Waals surface area (Å²) in [7, 11) is 1.68. The molecule has 4 nitrogen and oxygen atoms in total. The lowest BCUT2D eigenvalue weighted by molar-refractivity contribution is 0.199. The summed E-state index contributed by atoms with van der Waals surface area (Å²) in [5.74, 6) is 0. The molecule has 0 saturated carbocycles. The van der Waals surface area contributed by atoms with E-state index in [4.69, 9.17) is 4.74 Å². The lowest BCUT2D eigenvalue weighted by Gasteiger charge is -2.08. The van der Waals surface area contributed by atoms with Gasteiger partial charge < -0.3 is 10.1 Å². The molecule has 0 aliphatic rings. The number of ether oxygens (including phenoxy) is 1. The molecule has 0 aliphatic heterocycles. The highest BCUT2D eigenvalue weighted by atomic mass is 32.2. The van der Waals surface area contributed by atoms with E-state index in [0.29, 0.717) is 12.2 Å². The molecule has 0 radical (unpaired) electrons. The normalized spacial score (nSPS) is 10.3. The quantitative estimate of drug-likeness (QED) is 0.797. The van der Waals surface area contributed by atoms with Gasteiger partial charge in [-0.25, -0.2) is 0 Å². The smallest absolute Gasteiger partial charge is 0.100 e. The zero-order valence-electron chi connectivity index (χ0n) is 11.9. The highest BCUT2D eigenvalue weighted by Gasteiger charge is 2.05. The van der Waals surface area contributed by atoms with Crippen molar-refractivity contribution >= 4 is 11.8 Å². The van der Waals surface area contributed by atoms with Gasteiger partial charge in [0.1, 0.15) is 6.07 Å². The Hall–Kier alpha value is -1.87. The summed E-state index contributed by atoms with van der Waals surface area (Å²) < 4.78 is 4.99. The molecular weight excluding hydrogens is 282 g/mol. The second kappa shape index (κ2) is 8.42. The summed E-state index contributed by atoms with van der Waals surface area (Å²) in [4.78, 5) is 6.03. The highest BCUT2D eigenvalue weighted by Crippen LogP contribution is 2.30. The van der Waals surface area contributed by atoms with Crippen LogP contribution in [0.1, 0.15) is 11.1 Å². The van der Waals surface area contributed by atoms with Crippen molar-refractivity contribution in [2.24, 2.45) is 0 Å². The highest BCUT2D eigenvalue weighted by molar-refractivity contribution is 7.99. The van der Waals surface area contributed by atoms with E-state index in [1.807, 2.05) is 30.3 Å². The number of hydrogen-bond acceptors (Lipinski definition) is 5. The third-order valence-corrected chi connectivity index (χ3v) is 3.94. The summed E-state index contributed by atoms with van der Waals surface area (Å²) in [6, 6.07) is 12.1. The van der Waals surface area contributed by atoms with Crippen LogP contribution in [0.5, 0.6) is 0 Å². The van der Waals surface area contributed by atoms with Crippen LogP contribution in [0.3, 0.4) is 0 Å². The Morgan fingerprint density at radius 1 is 1.29 bits per heavy atom. The number of aromatic nitrogens is 1. The standard InChI is InChI=1S/C16H17N3OS/c1-20-9-8-19-12-13-2-3-16(14(10-13)11-17)21-15-4-6-18-7-5-15/h2-7,10,19H,8-9,12H2,1H3. The van der Waals surface area contributed by atoms with E-state index in [1.165, 1.54) is 0 Å². The molecule has 108 valence electrons. The van der Waals surface area contributed by atoms with Gasteiger partial charge >= 0.3 is 0 Å². The molecule has 5 heteroatoms. The molecule has 0 fully saturated rings. The number of rotatable bonds is 7. The largest absolute Gasteiger partial charge is 0.383 e. The maximum atomic E-state index is 9.31. The van der Waals surface area contributed by atoms with E-state index < -0.39 is 0 Å². The number of benzene rings is 1. The predicted octanol–water partition coefficient (Wildman–Crippen LogP) is 2.84. The Bertz CT molecular complexity index is 611. The number of nitriles is 1. The van der Waals surface area contributed by atoms with Crippen molar-refractivity contribution in [3.63, 3.8) is 0 Å². The first-order valence-electron chi connectivity index (χ1n) is 6.64. The molecule has 21 heavy (non-hydrogen) atoms. The van der Waals surface area contributed by atoms with Crippen molar-refractivity contribution in [3.05, 3.63) is 53.9 Å². The molecule has 1 aromatic heterocycles. The topological polar surface area (TPSA) is 57.9 Å². The molecule has 1 N–H and O–H groups in total. The van der Waals surface area contributed by atoms with Gasteiger partial charge in [-0.3, -0.25) is 4.98 Å². The SMILES string of the molecule is COCCNCc1ccc(Sc2ccncc2)c(C#N)c1. The fourth-order valence-corrected chi connectivity index (χ4v) is 2.67.